The highest BCUT2D eigenvalue weighted by Gasteiger charge is 2.24. The van der Waals surface area contributed by atoms with Crippen molar-refractivity contribution < 1.29 is 12.6 Å². The van der Waals surface area contributed by atoms with Crippen molar-refractivity contribution in [2.24, 2.45) is 5.73 Å². The van der Waals surface area contributed by atoms with E-state index in [1.165, 1.54) is 17.7 Å². The Hall–Kier alpha value is -3.41. The molecule has 0 saturated carbocycles. The van der Waals surface area contributed by atoms with Crippen molar-refractivity contribution in [1.29, 1.82) is 0 Å². The lowest BCUT2D eigenvalue weighted by atomic mass is 9.85. The maximum absolute atomic E-state index is 13.0. The van der Waals surface area contributed by atoms with Gasteiger partial charge in [-0.25, -0.2) is 0 Å². The van der Waals surface area contributed by atoms with Crippen LogP contribution in [0.2, 0.25) is 0 Å². The third kappa shape index (κ3) is 5.69. The molecule has 1 unspecified atom stereocenters. The monoisotopic (exact) mass is 457 g/mol. The van der Waals surface area contributed by atoms with Crippen molar-refractivity contribution in [2.75, 3.05) is 0 Å². The molecule has 0 aliphatic rings. The topological polar surface area (TPSA) is 69.4 Å². The first-order chi connectivity index (χ1) is 16.1. The van der Waals surface area contributed by atoms with Crippen LogP contribution in [0, 0.1) is 0 Å². The summed E-state index contributed by atoms with van der Waals surface area (Å²) in [5.41, 5.74) is 10.0. The van der Waals surface area contributed by atoms with Crippen molar-refractivity contribution in [3.8, 4) is 5.75 Å². The highest BCUT2D eigenvalue weighted by Crippen LogP contribution is 2.37. The molecule has 4 nitrogen and oxygen atoms in total. The van der Waals surface area contributed by atoms with Gasteiger partial charge in [0.25, 0.3) is 0 Å². The zero-order valence-electron chi connectivity index (χ0n) is 18.3. The van der Waals surface area contributed by atoms with Crippen LogP contribution in [-0.4, -0.2) is 8.42 Å². The van der Waals surface area contributed by atoms with E-state index in [-0.39, 0.29) is 10.8 Å². The van der Waals surface area contributed by atoms with Crippen LogP contribution in [0.3, 0.4) is 0 Å². The molecule has 0 aromatic heterocycles. The Labute approximate surface area is 195 Å². The molecule has 0 aliphatic carbocycles. The Morgan fingerprint density at radius 1 is 0.727 bits per heavy atom. The Morgan fingerprint density at radius 2 is 1.33 bits per heavy atom. The lowest BCUT2D eigenvalue weighted by molar-refractivity contribution is 0.480. The van der Waals surface area contributed by atoms with E-state index in [1.54, 1.807) is 24.3 Å². The molecular formula is C28H27NO3S. The molecule has 0 fully saturated rings. The summed E-state index contributed by atoms with van der Waals surface area (Å²) in [5.74, 6) is 0.275. The first kappa shape index (κ1) is 22.8. The van der Waals surface area contributed by atoms with Crippen LogP contribution >= 0.6 is 0 Å². The summed E-state index contributed by atoms with van der Waals surface area (Å²) >= 11 is 0. The summed E-state index contributed by atoms with van der Waals surface area (Å²) in [4.78, 5) is 0.124. The number of benzene rings is 4. The first-order valence-corrected chi connectivity index (χ1v) is 12.4. The molecule has 168 valence electrons. The van der Waals surface area contributed by atoms with Crippen LogP contribution in [0.4, 0.5) is 0 Å². The number of nitrogens with two attached hydrogens (primary N) is 1. The molecule has 33 heavy (non-hydrogen) atoms. The Bertz CT molecular complexity index is 1270. The molecule has 4 rings (SSSR count). The van der Waals surface area contributed by atoms with Gasteiger partial charge in [-0.2, -0.15) is 8.42 Å². The lowest BCUT2D eigenvalue weighted by Crippen LogP contribution is -2.13. The molecular weight excluding hydrogens is 430 g/mol. The maximum atomic E-state index is 13.0. The van der Waals surface area contributed by atoms with Crippen molar-refractivity contribution in [1.82, 2.24) is 0 Å². The number of hydrogen-bond acceptors (Lipinski definition) is 4. The summed E-state index contributed by atoms with van der Waals surface area (Å²) in [7, 11) is -3.97. The second kappa shape index (κ2) is 10.5. The highest BCUT2D eigenvalue weighted by molar-refractivity contribution is 7.87. The fourth-order valence-corrected chi connectivity index (χ4v) is 4.94. The van der Waals surface area contributed by atoms with Gasteiger partial charge in [0.05, 0.1) is 0 Å². The van der Waals surface area contributed by atoms with E-state index >= 15 is 0 Å². The molecule has 0 amide bonds. The van der Waals surface area contributed by atoms with E-state index in [2.05, 4.69) is 24.3 Å². The van der Waals surface area contributed by atoms with Crippen molar-refractivity contribution in [3.05, 3.63) is 131 Å². The van der Waals surface area contributed by atoms with Crippen LogP contribution in [0.15, 0.2) is 114 Å². The van der Waals surface area contributed by atoms with Crippen LogP contribution in [0.25, 0.3) is 0 Å². The van der Waals surface area contributed by atoms with Crippen LogP contribution in [0.5, 0.6) is 5.75 Å². The Morgan fingerprint density at radius 3 is 1.97 bits per heavy atom. The second-order valence-electron chi connectivity index (χ2n) is 7.91. The zero-order valence-corrected chi connectivity index (χ0v) is 19.1. The van der Waals surface area contributed by atoms with Crippen LogP contribution < -0.4 is 9.92 Å². The van der Waals surface area contributed by atoms with E-state index in [0.29, 0.717) is 12.3 Å². The Kier molecular flexibility index (Phi) is 7.23. The average molecular weight is 458 g/mol. The maximum Gasteiger partial charge on any atom is 0.339 e. The largest absolute Gasteiger partial charge is 0.379 e. The van der Waals surface area contributed by atoms with Gasteiger partial charge in [0.2, 0.25) is 0 Å². The van der Waals surface area contributed by atoms with Crippen LogP contribution in [-0.2, 0) is 23.1 Å². The predicted octanol–water partition coefficient (Wildman–Crippen LogP) is 5.68. The quantitative estimate of drug-likeness (QED) is 0.328. The van der Waals surface area contributed by atoms with Gasteiger partial charge in [-0.05, 0) is 47.7 Å². The average Bonchev–Trinajstić information content (AvgIpc) is 2.86. The summed E-state index contributed by atoms with van der Waals surface area (Å²) < 4.78 is 31.7. The summed E-state index contributed by atoms with van der Waals surface area (Å²) in [6.07, 6.45) is 1.64. The minimum Gasteiger partial charge on any atom is -0.379 e. The second-order valence-corrected chi connectivity index (χ2v) is 9.46. The highest BCUT2D eigenvalue weighted by atomic mass is 32.2. The van der Waals surface area contributed by atoms with Crippen molar-refractivity contribution in [3.63, 3.8) is 0 Å². The number of hydrogen-bond donors (Lipinski definition) is 1. The lowest BCUT2D eigenvalue weighted by Gasteiger charge is -2.22. The number of aryl methyl sites for hydroxylation is 1. The smallest absolute Gasteiger partial charge is 0.339 e. The van der Waals surface area contributed by atoms with Gasteiger partial charge in [0, 0.05) is 18.0 Å². The molecule has 4 aromatic rings. The van der Waals surface area contributed by atoms with Gasteiger partial charge in [0.1, 0.15) is 10.6 Å². The van der Waals surface area contributed by atoms with Gasteiger partial charge in [-0.15, -0.1) is 0 Å². The third-order valence-electron chi connectivity index (χ3n) is 5.68. The SMILES string of the molecule is NCc1ccc(OS(=O)(=O)c2ccccc2)c(C(CCc2ccccc2)c2ccccc2)c1. The van der Waals surface area contributed by atoms with E-state index in [4.69, 9.17) is 9.92 Å². The third-order valence-corrected chi connectivity index (χ3v) is 6.93. The van der Waals surface area contributed by atoms with E-state index in [1.807, 2.05) is 48.5 Å². The fraction of sp³-hybridized carbons (Fsp3) is 0.143. The molecule has 0 radical (unpaired) electrons. The predicted molar refractivity (Wildman–Crippen MR) is 132 cm³/mol. The van der Waals surface area contributed by atoms with Gasteiger partial charge >= 0.3 is 10.1 Å². The summed E-state index contributed by atoms with van der Waals surface area (Å²) in [6.45, 7) is 0.360. The molecule has 4 aromatic carbocycles. The molecule has 1 atom stereocenters. The molecule has 0 aliphatic heterocycles. The molecule has 0 heterocycles. The Balaban J connectivity index is 1.75. The first-order valence-electron chi connectivity index (χ1n) is 11.0. The van der Waals surface area contributed by atoms with Gasteiger partial charge in [-0.1, -0.05) is 91.0 Å². The molecule has 0 bridgehead atoms. The van der Waals surface area contributed by atoms with Gasteiger partial charge in [-0.3, -0.25) is 0 Å². The zero-order chi connectivity index (χ0) is 23.1. The van der Waals surface area contributed by atoms with E-state index in [9.17, 15) is 8.42 Å². The fourth-order valence-electron chi connectivity index (χ4n) is 3.97. The van der Waals surface area contributed by atoms with Crippen LogP contribution in [0.1, 0.15) is 34.6 Å². The standard InChI is InChI=1S/C28H27NO3S/c29-21-23-17-19-28(32-33(30,31)25-14-8-3-9-15-25)27(20-23)26(24-12-6-2-7-13-24)18-16-22-10-4-1-5-11-22/h1-15,17,19-20,26H,16,18,21,29H2. The normalized spacial score (nSPS) is 12.3. The summed E-state index contributed by atoms with van der Waals surface area (Å²) in [5, 5.41) is 0. The molecule has 5 heteroatoms. The van der Waals surface area contributed by atoms with Crippen molar-refractivity contribution in [2.45, 2.75) is 30.2 Å². The van der Waals surface area contributed by atoms with Gasteiger partial charge in [0.15, 0.2) is 0 Å². The molecule has 0 spiro atoms. The van der Waals surface area contributed by atoms with Crippen molar-refractivity contribution >= 4 is 10.1 Å². The van der Waals surface area contributed by atoms with E-state index in [0.717, 1.165) is 29.5 Å². The number of rotatable bonds is 9. The minimum absolute atomic E-state index is 0.0566. The minimum atomic E-state index is -3.97. The molecule has 0 saturated heterocycles. The summed E-state index contributed by atoms with van der Waals surface area (Å²) in [6, 6.07) is 34.1. The van der Waals surface area contributed by atoms with E-state index < -0.39 is 10.1 Å². The molecule has 2 N–H and O–H groups in total. The van der Waals surface area contributed by atoms with Gasteiger partial charge < -0.3 is 9.92 Å².